The third-order valence-electron chi connectivity index (χ3n) is 5.57. The summed E-state index contributed by atoms with van der Waals surface area (Å²) in [7, 11) is 0. The van der Waals surface area contributed by atoms with Gasteiger partial charge in [0.2, 0.25) is 5.91 Å². The van der Waals surface area contributed by atoms with E-state index in [-0.39, 0.29) is 29.7 Å². The lowest BCUT2D eigenvalue weighted by atomic mass is 10.0. The van der Waals surface area contributed by atoms with E-state index in [4.69, 9.17) is 0 Å². The first-order valence-corrected chi connectivity index (χ1v) is 10.3. The van der Waals surface area contributed by atoms with Gasteiger partial charge in [0.25, 0.3) is 5.91 Å². The second-order valence-corrected chi connectivity index (χ2v) is 7.77. The normalized spacial score (nSPS) is 22.4. The predicted octanol–water partition coefficient (Wildman–Crippen LogP) is 1.73. The van der Waals surface area contributed by atoms with E-state index in [1.807, 2.05) is 18.0 Å². The quantitative estimate of drug-likeness (QED) is 0.498. The van der Waals surface area contributed by atoms with E-state index in [0.717, 1.165) is 5.69 Å². The highest BCUT2D eigenvalue weighted by Crippen LogP contribution is 2.28. The van der Waals surface area contributed by atoms with Gasteiger partial charge in [0.15, 0.2) is 6.29 Å². The average molecular weight is 435 g/mol. The molecule has 0 aliphatic carbocycles. The number of anilines is 2. The largest absolute Gasteiger partial charge is 0.321 e. The molecular weight excluding hydrogens is 413 g/mol. The van der Waals surface area contributed by atoms with Crippen LogP contribution in [0.25, 0.3) is 0 Å². The van der Waals surface area contributed by atoms with Crippen molar-refractivity contribution < 1.29 is 14.0 Å². The van der Waals surface area contributed by atoms with Crippen molar-refractivity contribution in [2.45, 2.75) is 19.4 Å². The molecule has 2 aliphatic heterocycles. The van der Waals surface area contributed by atoms with Crippen LogP contribution in [0.2, 0.25) is 0 Å². The zero-order valence-electron chi connectivity index (χ0n) is 17.2. The number of hydrogen-bond acceptors (Lipinski definition) is 6. The molecule has 3 heterocycles. The standard InChI is InChI=1S/C22H22FN7O2/c1-13-11-18(25-20(31)14-5-3-2-4-6-14)30(28-13)22-26-19-17(21(32)27-22)12-24-29(19)16-9-7-15(23)8-10-16/h2-11,17,19,22,24,26H,12H2,1H3,(H,25,31)(H,27,32). The van der Waals surface area contributed by atoms with Crippen molar-refractivity contribution in [3.63, 3.8) is 0 Å². The Morgan fingerprint density at radius 1 is 1.16 bits per heavy atom. The highest BCUT2D eigenvalue weighted by molar-refractivity contribution is 6.03. The number of amides is 2. The molecule has 3 unspecified atom stereocenters. The van der Waals surface area contributed by atoms with Gasteiger partial charge in [-0.15, -0.1) is 0 Å². The molecule has 5 rings (SSSR count). The SMILES string of the molecule is Cc1cc(NC(=O)c2ccccc2)n(C2NC(=O)C3CNN(c4ccc(F)cc4)C3N2)n1. The number of aryl methyl sites for hydroxylation is 1. The molecule has 164 valence electrons. The van der Waals surface area contributed by atoms with Crippen LogP contribution < -0.4 is 26.4 Å². The molecule has 3 aromatic rings. The molecule has 0 bridgehead atoms. The Hall–Kier alpha value is -3.76. The fourth-order valence-corrected chi connectivity index (χ4v) is 4.03. The van der Waals surface area contributed by atoms with Crippen LogP contribution in [0.3, 0.4) is 0 Å². The topological polar surface area (TPSA) is 103 Å². The third-order valence-corrected chi connectivity index (χ3v) is 5.57. The molecule has 4 N–H and O–H groups in total. The number of hydrogen-bond donors (Lipinski definition) is 4. The molecule has 2 saturated heterocycles. The summed E-state index contributed by atoms with van der Waals surface area (Å²) >= 11 is 0. The number of benzene rings is 2. The first-order chi connectivity index (χ1) is 15.5. The number of nitrogens with one attached hydrogen (secondary N) is 4. The summed E-state index contributed by atoms with van der Waals surface area (Å²) in [4.78, 5) is 25.5. The number of halogens is 1. The summed E-state index contributed by atoms with van der Waals surface area (Å²) < 4.78 is 14.9. The summed E-state index contributed by atoms with van der Waals surface area (Å²) in [5.41, 5.74) is 5.13. The van der Waals surface area contributed by atoms with Gasteiger partial charge < -0.3 is 10.6 Å². The van der Waals surface area contributed by atoms with E-state index < -0.39 is 6.29 Å². The summed E-state index contributed by atoms with van der Waals surface area (Å²) in [5.74, 6) is -0.656. The van der Waals surface area contributed by atoms with Crippen molar-refractivity contribution >= 4 is 23.3 Å². The molecular formula is C22H22FN7O2. The fourth-order valence-electron chi connectivity index (χ4n) is 4.03. The Kier molecular flexibility index (Phi) is 5.08. The van der Waals surface area contributed by atoms with Gasteiger partial charge in [-0.3, -0.25) is 19.9 Å². The van der Waals surface area contributed by atoms with E-state index in [1.54, 1.807) is 47.1 Å². The van der Waals surface area contributed by atoms with E-state index in [0.29, 0.717) is 23.6 Å². The first-order valence-electron chi connectivity index (χ1n) is 10.3. The second-order valence-electron chi connectivity index (χ2n) is 7.77. The summed E-state index contributed by atoms with van der Waals surface area (Å²) in [5, 5.41) is 15.5. The molecule has 9 nitrogen and oxygen atoms in total. The van der Waals surface area contributed by atoms with E-state index >= 15 is 0 Å². The van der Waals surface area contributed by atoms with Crippen molar-refractivity contribution in [1.82, 2.24) is 25.8 Å². The molecule has 3 atom stereocenters. The summed E-state index contributed by atoms with van der Waals surface area (Å²) in [6.07, 6.45) is -1.08. The van der Waals surface area contributed by atoms with E-state index in [1.165, 1.54) is 12.1 Å². The monoisotopic (exact) mass is 435 g/mol. The molecule has 2 aliphatic rings. The van der Waals surface area contributed by atoms with Crippen LogP contribution >= 0.6 is 0 Å². The maximum absolute atomic E-state index is 13.4. The van der Waals surface area contributed by atoms with Gasteiger partial charge >= 0.3 is 0 Å². The molecule has 0 spiro atoms. The van der Waals surface area contributed by atoms with E-state index in [9.17, 15) is 14.0 Å². The van der Waals surface area contributed by atoms with Crippen LogP contribution in [0.15, 0.2) is 60.7 Å². The Balaban J connectivity index is 1.40. The molecule has 1 aromatic heterocycles. The lowest BCUT2D eigenvalue weighted by Crippen LogP contribution is -2.61. The minimum atomic E-state index is -0.689. The van der Waals surface area contributed by atoms with Crippen LogP contribution in [-0.4, -0.2) is 34.3 Å². The number of carbonyl (C=O) groups excluding carboxylic acids is 2. The zero-order valence-corrected chi connectivity index (χ0v) is 17.2. The summed E-state index contributed by atoms with van der Waals surface area (Å²) in [6.45, 7) is 2.24. The smallest absolute Gasteiger partial charge is 0.256 e. The highest BCUT2D eigenvalue weighted by atomic mass is 19.1. The molecule has 0 saturated carbocycles. The fraction of sp³-hybridized carbons (Fsp3) is 0.227. The number of carbonyl (C=O) groups is 2. The predicted molar refractivity (Wildman–Crippen MR) is 116 cm³/mol. The number of hydrazine groups is 1. The van der Waals surface area contributed by atoms with E-state index in [2.05, 4.69) is 26.5 Å². The highest BCUT2D eigenvalue weighted by Gasteiger charge is 2.45. The van der Waals surface area contributed by atoms with Crippen LogP contribution in [0, 0.1) is 18.7 Å². The van der Waals surface area contributed by atoms with Crippen molar-refractivity contribution in [3.05, 3.63) is 77.7 Å². The molecule has 0 radical (unpaired) electrons. The van der Waals surface area contributed by atoms with Gasteiger partial charge in [0.1, 0.15) is 17.8 Å². The lowest BCUT2D eigenvalue weighted by molar-refractivity contribution is -0.129. The first kappa shape index (κ1) is 20.2. The molecule has 32 heavy (non-hydrogen) atoms. The van der Waals surface area contributed by atoms with Gasteiger partial charge in [-0.05, 0) is 43.3 Å². The van der Waals surface area contributed by atoms with Gasteiger partial charge in [-0.2, -0.15) is 5.10 Å². The Morgan fingerprint density at radius 2 is 1.91 bits per heavy atom. The minimum Gasteiger partial charge on any atom is -0.321 e. The molecule has 2 fully saturated rings. The number of fused-ring (bicyclic) bond motifs is 1. The number of rotatable bonds is 4. The van der Waals surface area contributed by atoms with Crippen molar-refractivity contribution in [2.75, 3.05) is 16.9 Å². The van der Waals surface area contributed by atoms with Gasteiger partial charge in [-0.25, -0.2) is 14.5 Å². The number of aromatic nitrogens is 2. The van der Waals surface area contributed by atoms with Crippen LogP contribution in [0.4, 0.5) is 15.9 Å². The van der Waals surface area contributed by atoms with Crippen molar-refractivity contribution in [1.29, 1.82) is 0 Å². The number of nitrogens with zero attached hydrogens (tertiary/aromatic N) is 3. The summed E-state index contributed by atoms with van der Waals surface area (Å²) in [6, 6.07) is 16.6. The van der Waals surface area contributed by atoms with Crippen LogP contribution in [0.1, 0.15) is 22.3 Å². The van der Waals surface area contributed by atoms with Crippen LogP contribution in [0.5, 0.6) is 0 Å². The molecule has 2 aromatic carbocycles. The Morgan fingerprint density at radius 3 is 2.66 bits per heavy atom. The van der Waals surface area contributed by atoms with Crippen molar-refractivity contribution in [3.8, 4) is 0 Å². The third kappa shape index (κ3) is 3.70. The van der Waals surface area contributed by atoms with Gasteiger partial charge in [0, 0.05) is 18.2 Å². The maximum atomic E-state index is 13.4. The minimum absolute atomic E-state index is 0.149. The van der Waals surface area contributed by atoms with Crippen molar-refractivity contribution in [2.24, 2.45) is 5.92 Å². The second kappa shape index (κ2) is 8.06. The maximum Gasteiger partial charge on any atom is 0.256 e. The lowest BCUT2D eigenvalue weighted by Gasteiger charge is -2.37. The van der Waals surface area contributed by atoms with Gasteiger partial charge in [-0.1, -0.05) is 18.2 Å². The Bertz CT molecular complexity index is 1150. The van der Waals surface area contributed by atoms with Crippen LogP contribution in [-0.2, 0) is 4.79 Å². The Labute approximate surface area is 183 Å². The molecule has 2 amide bonds. The molecule has 10 heteroatoms. The zero-order chi connectivity index (χ0) is 22.2. The average Bonchev–Trinajstić information content (AvgIpc) is 3.38. The van der Waals surface area contributed by atoms with Gasteiger partial charge in [0.05, 0.1) is 17.3 Å².